The van der Waals surface area contributed by atoms with E-state index in [0.29, 0.717) is 28.5 Å². The maximum absolute atomic E-state index is 5.46. The maximum Gasteiger partial charge on any atom is 4.00 e. The van der Waals surface area contributed by atoms with Gasteiger partial charge in [0.15, 0.2) is 0 Å². The van der Waals surface area contributed by atoms with E-state index in [2.05, 4.69) is 95.9 Å². The molecule has 0 spiro atoms. The monoisotopic (exact) mass is 475 g/mol. The molecule has 1 aromatic rings. The Morgan fingerprint density at radius 3 is 2.00 bits per heavy atom. The number of benzene rings is 1. The molecular weight excluding hydrogens is 434 g/mol. The number of thioether (sulfide) groups is 1. The molecule has 2 aliphatic carbocycles. The first kappa shape index (κ1) is 29.9. The Hall–Kier alpha value is -0.0588. The van der Waals surface area contributed by atoms with Gasteiger partial charge in [0.2, 0.25) is 0 Å². The van der Waals surface area contributed by atoms with Gasteiger partial charge >= 0.3 is 21.7 Å². The van der Waals surface area contributed by atoms with E-state index < -0.39 is 8.24 Å². The molecule has 5 unspecified atom stereocenters. The molecule has 1 heterocycles. The second kappa shape index (κ2) is 10.3. The van der Waals surface area contributed by atoms with Crippen LogP contribution in [0.1, 0.15) is 46.1 Å². The summed E-state index contributed by atoms with van der Waals surface area (Å²) in [7, 11) is -1.76. The minimum atomic E-state index is -1.76. The summed E-state index contributed by atoms with van der Waals surface area (Å²) in [5.41, 5.74) is 5.31. The Morgan fingerprint density at radius 1 is 0.900 bits per heavy atom. The molecule has 0 saturated heterocycles. The summed E-state index contributed by atoms with van der Waals surface area (Å²) in [6.07, 6.45) is 5.21. The number of rotatable bonds is 2. The van der Waals surface area contributed by atoms with Gasteiger partial charge in [-0.2, -0.15) is 0 Å². The van der Waals surface area contributed by atoms with E-state index >= 15 is 0 Å². The summed E-state index contributed by atoms with van der Waals surface area (Å²) < 4.78 is 0. The van der Waals surface area contributed by atoms with E-state index in [9.17, 15) is 0 Å². The second-order valence-electron chi connectivity index (χ2n) is 9.96. The molecule has 164 valence electrons. The number of hydrogen-bond donors (Lipinski definition) is 0. The Labute approximate surface area is 207 Å². The first-order valence-electron chi connectivity index (χ1n) is 9.95. The molecule has 1 aromatic carbocycles. The van der Waals surface area contributed by atoms with Gasteiger partial charge in [-0.1, -0.05) is 83.6 Å². The Kier molecular flexibility index (Phi) is 10.2. The molecule has 1 nitrogen and oxygen atoms in total. The van der Waals surface area contributed by atoms with E-state index in [0.717, 1.165) is 0 Å². The van der Waals surface area contributed by atoms with Crippen molar-refractivity contribution in [1.82, 2.24) is 0 Å². The fraction of sp³-hybridized carbons (Fsp3) is 0.500. The first-order valence-corrected chi connectivity index (χ1v) is 13.9. The smallest absolute Gasteiger partial charge is 0.660 e. The zero-order chi connectivity index (χ0) is 18.9. The van der Waals surface area contributed by atoms with Crippen molar-refractivity contribution in [2.24, 2.45) is 11.8 Å². The zero-order valence-corrected chi connectivity index (χ0v) is 24.1. The van der Waals surface area contributed by atoms with Crippen LogP contribution in [0.15, 0.2) is 52.5 Å². The van der Waals surface area contributed by atoms with Crippen LogP contribution in [0.4, 0.5) is 0 Å². The summed E-state index contributed by atoms with van der Waals surface area (Å²) in [6.45, 7) is 16.4. The molecular formula is C26H41NSSiTi. The van der Waals surface area contributed by atoms with Gasteiger partial charge < -0.3 is 27.3 Å². The minimum absolute atomic E-state index is 0. The maximum atomic E-state index is 5.46. The fourth-order valence-corrected chi connectivity index (χ4v) is 12.7. The molecule has 0 amide bonds. The molecule has 5 atom stereocenters. The molecule has 4 heteroatoms. The summed E-state index contributed by atoms with van der Waals surface area (Å²) in [4.78, 5) is 6.97. The van der Waals surface area contributed by atoms with E-state index in [4.69, 9.17) is 4.98 Å². The molecule has 1 fully saturated rings. The van der Waals surface area contributed by atoms with Gasteiger partial charge in [0.25, 0.3) is 0 Å². The standard InChI is InChI=1S/C23H32NSSi.3CH3.Ti/c1-14-12-17-18(13-15(14)2)22(26(6,7)24-23(3,4)5)21-20(17)16-10-8-9-11-19(16)25-21;;;;/h8-13,17-18,20-22H,1-7H3;3*1H3;/q4*-1;+4. The largest absolute Gasteiger partial charge is 4.00 e. The van der Waals surface area contributed by atoms with Gasteiger partial charge in [-0.3, -0.25) is 0 Å². The molecule has 0 aromatic heterocycles. The molecule has 4 rings (SSSR count). The third-order valence-corrected chi connectivity index (χ3v) is 11.8. The summed E-state index contributed by atoms with van der Waals surface area (Å²) >= 11 is 2.15. The molecule has 0 bridgehead atoms. The molecule has 30 heavy (non-hydrogen) atoms. The van der Waals surface area contributed by atoms with Crippen LogP contribution in [0.3, 0.4) is 0 Å². The van der Waals surface area contributed by atoms with Crippen LogP contribution in [0.2, 0.25) is 18.6 Å². The van der Waals surface area contributed by atoms with Gasteiger partial charge in [0, 0.05) is 16.1 Å². The first-order chi connectivity index (χ1) is 12.1. The summed E-state index contributed by atoms with van der Waals surface area (Å²) in [5.74, 6) is 1.96. The molecule has 3 aliphatic rings. The normalized spacial score (nSPS) is 28.8. The number of allylic oxidation sites excluding steroid dienone is 4. The van der Waals surface area contributed by atoms with E-state index in [1.165, 1.54) is 16.0 Å². The zero-order valence-electron chi connectivity index (χ0n) is 20.7. The molecule has 0 radical (unpaired) electrons. The summed E-state index contributed by atoms with van der Waals surface area (Å²) in [6, 6.07) is 9.15. The van der Waals surface area contributed by atoms with Crippen LogP contribution in [-0.2, 0) is 21.7 Å². The molecule has 1 aliphatic heterocycles. The van der Waals surface area contributed by atoms with Crippen molar-refractivity contribution in [2.45, 2.75) is 74.9 Å². The average Bonchev–Trinajstić information content (AvgIpc) is 3.00. The predicted molar refractivity (Wildman–Crippen MR) is 137 cm³/mol. The Bertz CT molecular complexity index is 792. The number of nitrogens with zero attached hydrogens (tertiary/aromatic N) is 1. The van der Waals surface area contributed by atoms with Crippen LogP contribution in [0.5, 0.6) is 0 Å². The molecule has 0 N–H and O–H groups in total. The van der Waals surface area contributed by atoms with Crippen LogP contribution in [0.25, 0.3) is 4.98 Å². The van der Waals surface area contributed by atoms with Gasteiger partial charge in [-0.15, -0.1) is 17.3 Å². The quantitative estimate of drug-likeness (QED) is 0.309. The fourth-order valence-electron chi connectivity index (χ4n) is 5.76. The van der Waals surface area contributed by atoms with E-state index in [1.807, 2.05) is 0 Å². The van der Waals surface area contributed by atoms with Crippen LogP contribution in [0, 0.1) is 34.1 Å². The Morgan fingerprint density at radius 2 is 1.43 bits per heavy atom. The van der Waals surface area contributed by atoms with Crippen LogP contribution >= 0.6 is 11.8 Å². The van der Waals surface area contributed by atoms with Crippen LogP contribution in [-0.4, -0.2) is 19.0 Å². The van der Waals surface area contributed by atoms with Crippen molar-refractivity contribution in [2.75, 3.05) is 0 Å². The van der Waals surface area contributed by atoms with Crippen molar-refractivity contribution >= 4 is 20.0 Å². The van der Waals surface area contributed by atoms with E-state index in [-0.39, 0.29) is 49.5 Å². The third-order valence-electron chi connectivity index (χ3n) is 6.47. The van der Waals surface area contributed by atoms with Crippen LogP contribution < -0.4 is 0 Å². The van der Waals surface area contributed by atoms with Gasteiger partial charge in [-0.05, 0) is 42.9 Å². The van der Waals surface area contributed by atoms with Crippen molar-refractivity contribution in [3.8, 4) is 0 Å². The van der Waals surface area contributed by atoms with Crippen molar-refractivity contribution in [3.63, 3.8) is 0 Å². The number of fused-ring (bicyclic) bond motifs is 5. The molecule has 1 saturated carbocycles. The van der Waals surface area contributed by atoms with Crippen molar-refractivity contribution < 1.29 is 21.7 Å². The van der Waals surface area contributed by atoms with Gasteiger partial charge in [-0.25, -0.2) is 0 Å². The average molecular weight is 476 g/mol. The van der Waals surface area contributed by atoms with Gasteiger partial charge in [0.05, 0.1) is 0 Å². The predicted octanol–water partition coefficient (Wildman–Crippen LogP) is 8.49. The third kappa shape index (κ3) is 5.12. The van der Waals surface area contributed by atoms with E-state index in [1.54, 1.807) is 5.56 Å². The number of hydrogen-bond acceptors (Lipinski definition) is 1. The van der Waals surface area contributed by atoms with Crippen molar-refractivity contribution in [3.05, 3.63) is 80.4 Å². The topological polar surface area (TPSA) is 14.1 Å². The Balaban J connectivity index is 0.00000210. The van der Waals surface area contributed by atoms with Gasteiger partial charge in [0.1, 0.15) is 0 Å². The SMILES string of the molecule is CC1=CC2C(C=C1C)C([Si](C)(C)[N-]C(C)(C)C)C1Sc3ccccc3C21.[CH3-].[CH3-].[CH3-].[Ti+4]. The second-order valence-corrected chi connectivity index (χ2v) is 15.4. The minimum Gasteiger partial charge on any atom is -0.660 e. The summed E-state index contributed by atoms with van der Waals surface area (Å²) in [5, 5.41) is 0.682. The van der Waals surface area contributed by atoms with Crippen molar-refractivity contribution in [1.29, 1.82) is 0 Å².